The molecule has 0 aromatic heterocycles. The van der Waals surface area contributed by atoms with E-state index >= 15 is 0 Å². The zero-order valence-corrected chi connectivity index (χ0v) is 10.4. The number of rotatable bonds is 3. The third-order valence-electron chi connectivity index (χ3n) is 2.60. The van der Waals surface area contributed by atoms with Gasteiger partial charge in [-0.2, -0.15) is 0 Å². The van der Waals surface area contributed by atoms with Crippen molar-refractivity contribution in [3.05, 3.63) is 17.2 Å². The van der Waals surface area contributed by atoms with Crippen LogP contribution in [0.15, 0.2) is 6.07 Å². The van der Waals surface area contributed by atoms with Gasteiger partial charge in [0.2, 0.25) is 0 Å². The summed E-state index contributed by atoms with van der Waals surface area (Å²) in [5.41, 5.74) is 4.36. The molecule has 0 aliphatic rings. The summed E-state index contributed by atoms with van der Waals surface area (Å²) in [7, 11) is 3.11. The lowest BCUT2D eigenvalue weighted by Crippen LogP contribution is -2.34. The molecule has 0 aliphatic heterocycles. The summed E-state index contributed by atoms with van der Waals surface area (Å²) in [6, 6.07) is 1.17. The molecule has 0 aliphatic carbocycles. The average molecular weight is 239 g/mol. The minimum atomic E-state index is -0.520. The molecular formula is C11H17N3O3. The van der Waals surface area contributed by atoms with Crippen molar-refractivity contribution >= 4 is 11.7 Å². The van der Waals surface area contributed by atoms with E-state index in [9.17, 15) is 4.79 Å². The molecule has 0 saturated carbocycles. The van der Waals surface area contributed by atoms with Gasteiger partial charge >= 0.3 is 6.03 Å². The van der Waals surface area contributed by atoms with E-state index in [-0.39, 0.29) is 0 Å². The number of hydrogen-bond acceptors (Lipinski definition) is 4. The quantitative estimate of drug-likeness (QED) is 0.422. The number of benzene rings is 1. The maximum atomic E-state index is 11.2. The number of hydrazine groups is 1. The van der Waals surface area contributed by atoms with Crippen LogP contribution in [0.2, 0.25) is 0 Å². The van der Waals surface area contributed by atoms with Crippen LogP contribution in [0.4, 0.5) is 10.5 Å². The highest BCUT2D eigenvalue weighted by atomic mass is 16.5. The van der Waals surface area contributed by atoms with Gasteiger partial charge in [0.1, 0.15) is 11.5 Å². The lowest BCUT2D eigenvalue weighted by molar-refractivity contribution is 0.252. The van der Waals surface area contributed by atoms with Gasteiger partial charge in [-0.3, -0.25) is 5.43 Å². The minimum Gasteiger partial charge on any atom is -0.496 e. The van der Waals surface area contributed by atoms with Crippen LogP contribution in [-0.4, -0.2) is 20.3 Å². The fourth-order valence-electron chi connectivity index (χ4n) is 1.59. The molecule has 0 bridgehead atoms. The molecule has 0 atom stereocenters. The Bertz CT molecular complexity index is 432. The number of amides is 2. The Morgan fingerprint density at radius 2 is 1.88 bits per heavy atom. The summed E-state index contributed by atoms with van der Waals surface area (Å²) in [6.45, 7) is 3.81. The summed E-state index contributed by atoms with van der Waals surface area (Å²) < 4.78 is 10.5. The Morgan fingerprint density at radius 3 is 2.35 bits per heavy atom. The molecule has 94 valence electrons. The van der Waals surface area contributed by atoms with Gasteiger partial charge in [0.25, 0.3) is 0 Å². The normalized spacial score (nSPS) is 9.71. The van der Waals surface area contributed by atoms with Crippen molar-refractivity contribution < 1.29 is 14.3 Å². The van der Waals surface area contributed by atoms with Gasteiger partial charge < -0.3 is 14.8 Å². The van der Waals surface area contributed by atoms with Crippen LogP contribution in [0.25, 0.3) is 0 Å². The topological polar surface area (TPSA) is 85.6 Å². The van der Waals surface area contributed by atoms with Crippen LogP contribution >= 0.6 is 0 Å². The predicted octanol–water partition coefficient (Wildman–Crippen LogP) is 1.32. The Labute approximate surface area is 100 Å². The fourth-order valence-corrected chi connectivity index (χ4v) is 1.59. The zero-order valence-electron chi connectivity index (χ0n) is 10.4. The van der Waals surface area contributed by atoms with Crippen molar-refractivity contribution in [1.29, 1.82) is 0 Å². The van der Waals surface area contributed by atoms with Crippen LogP contribution in [0.1, 0.15) is 11.1 Å². The van der Waals surface area contributed by atoms with Gasteiger partial charge in [-0.25, -0.2) is 10.6 Å². The van der Waals surface area contributed by atoms with Crippen LogP contribution in [0.5, 0.6) is 11.5 Å². The van der Waals surface area contributed by atoms with E-state index in [2.05, 4.69) is 5.32 Å². The summed E-state index contributed by atoms with van der Waals surface area (Å²) >= 11 is 0. The van der Waals surface area contributed by atoms with E-state index < -0.39 is 6.03 Å². The van der Waals surface area contributed by atoms with Crippen molar-refractivity contribution in [2.24, 2.45) is 5.84 Å². The Hall–Kier alpha value is -1.95. The highest BCUT2D eigenvalue weighted by molar-refractivity contribution is 5.91. The van der Waals surface area contributed by atoms with Gasteiger partial charge in [-0.05, 0) is 25.0 Å². The van der Waals surface area contributed by atoms with Crippen molar-refractivity contribution in [1.82, 2.24) is 5.43 Å². The molecule has 2 amide bonds. The summed E-state index contributed by atoms with van der Waals surface area (Å²) in [5.74, 6) is 6.28. The molecule has 17 heavy (non-hydrogen) atoms. The Balaban J connectivity index is 3.27. The Morgan fingerprint density at radius 1 is 1.24 bits per heavy atom. The summed E-state index contributed by atoms with van der Waals surface area (Å²) in [6.07, 6.45) is 0. The van der Waals surface area contributed by atoms with E-state index in [0.717, 1.165) is 11.1 Å². The molecule has 1 aromatic carbocycles. The lowest BCUT2D eigenvalue weighted by Gasteiger charge is -2.17. The van der Waals surface area contributed by atoms with Gasteiger partial charge in [-0.1, -0.05) is 0 Å². The van der Waals surface area contributed by atoms with E-state index in [1.54, 1.807) is 20.3 Å². The summed E-state index contributed by atoms with van der Waals surface area (Å²) in [5, 5.41) is 2.57. The molecule has 6 nitrogen and oxygen atoms in total. The number of nitrogens with one attached hydrogen (secondary N) is 2. The van der Waals surface area contributed by atoms with Crippen molar-refractivity contribution in [2.45, 2.75) is 13.8 Å². The zero-order chi connectivity index (χ0) is 13.0. The largest absolute Gasteiger partial charge is 0.496 e. The fraction of sp³-hybridized carbons (Fsp3) is 0.364. The first-order valence-corrected chi connectivity index (χ1v) is 5.04. The number of anilines is 1. The standard InChI is InChI=1S/C11H17N3O3/c1-6-7(2)10(17-4)8(5-9(6)16-3)13-11(15)14-12/h5H,12H2,1-4H3,(H2,13,14,15). The van der Waals surface area contributed by atoms with E-state index in [1.807, 2.05) is 19.3 Å². The average Bonchev–Trinajstić information content (AvgIpc) is 2.33. The molecule has 0 radical (unpaired) electrons. The summed E-state index contributed by atoms with van der Waals surface area (Å²) in [4.78, 5) is 11.2. The predicted molar refractivity (Wildman–Crippen MR) is 65.4 cm³/mol. The molecule has 0 fully saturated rings. The first kappa shape index (κ1) is 13.1. The molecule has 4 N–H and O–H groups in total. The van der Waals surface area contributed by atoms with Crippen LogP contribution < -0.4 is 26.1 Å². The van der Waals surface area contributed by atoms with Crippen molar-refractivity contribution in [2.75, 3.05) is 19.5 Å². The third kappa shape index (κ3) is 2.59. The van der Waals surface area contributed by atoms with E-state index in [4.69, 9.17) is 15.3 Å². The molecule has 1 aromatic rings. The highest BCUT2D eigenvalue weighted by Crippen LogP contribution is 2.36. The number of carbonyl (C=O) groups excluding carboxylic acids is 1. The molecule has 1 rings (SSSR count). The SMILES string of the molecule is COc1cc(NC(=O)NN)c(OC)c(C)c1C. The molecule has 0 heterocycles. The highest BCUT2D eigenvalue weighted by Gasteiger charge is 2.15. The van der Waals surface area contributed by atoms with Crippen molar-refractivity contribution in [3.8, 4) is 11.5 Å². The maximum absolute atomic E-state index is 11.2. The lowest BCUT2D eigenvalue weighted by atomic mass is 10.1. The molecule has 6 heteroatoms. The van der Waals surface area contributed by atoms with Crippen LogP contribution in [-0.2, 0) is 0 Å². The second-order valence-corrected chi connectivity index (χ2v) is 3.51. The van der Waals surface area contributed by atoms with E-state index in [1.165, 1.54) is 0 Å². The number of nitrogens with two attached hydrogens (primary N) is 1. The first-order chi connectivity index (χ1) is 8.04. The first-order valence-electron chi connectivity index (χ1n) is 5.04. The second-order valence-electron chi connectivity index (χ2n) is 3.51. The number of carbonyl (C=O) groups is 1. The van der Waals surface area contributed by atoms with Gasteiger partial charge in [0.05, 0.1) is 19.9 Å². The van der Waals surface area contributed by atoms with Crippen LogP contribution in [0, 0.1) is 13.8 Å². The van der Waals surface area contributed by atoms with Crippen molar-refractivity contribution in [3.63, 3.8) is 0 Å². The molecular weight excluding hydrogens is 222 g/mol. The second kappa shape index (κ2) is 5.40. The monoisotopic (exact) mass is 239 g/mol. The van der Waals surface area contributed by atoms with Gasteiger partial charge in [0.15, 0.2) is 0 Å². The molecule has 0 saturated heterocycles. The van der Waals surface area contributed by atoms with E-state index in [0.29, 0.717) is 17.2 Å². The van der Waals surface area contributed by atoms with Crippen LogP contribution in [0.3, 0.4) is 0 Å². The smallest absolute Gasteiger partial charge is 0.333 e. The molecule has 0 unspecified atom stereocenters. The maximum Gasteiger partial charge on any atom is 0.333 e. The number of methoxy groups -OCH3 is 2. The van der Waals surface area contributed by atoms with Gasteiger partial charge in [0, 0.05) is 6.07 Å². The molecule has 0 spiro atoms. The number of ether oxygens (including phenoxy) is 2. The Kier molecular flexibility index (Phi) is 4.17. The minimum absolute atomic E-state index is 0.510. The van der Waals surface area contributed by atoms with Gasteiger partial charge in [-0.15, -0.1) is 0 Å². The number of hydrogen-bond donors (Lipinski definition) is 3. The number of urea groups is 1. The third-order valence-corrected chi connectivity index (χ3v) is 2.60.